The van der Waals surface area contributed by atoms with E-state index in [1.165, 1.54) is 5.56 Å². The molecular formula is C17H18ClN3. The Labute approximate surface area is 129 Å². The van der Waals surface area contributed by atoms with Crippen LogP contribution in [0.5, 0.6) is 0 Å². The average Bonchev–Trinajstić information content (AvgIpc) is 2.93. The second-order valence-electron chi connectivity index (χ2n) is 5.06. The van der Waals surface area contributed by atoms with E-state index in [4.69, 9.17) is 11.6 Å². The summed E-state index contributed by atoms with van der Waals surface area (Å²) in [5.74, 6) is 0. The maximum absolute atomic E-state index is 6.18. The van der Waals surface area contributed by atoms with Gasteiger partial charge < -0.3 is 5.32 Å². The molecule has 0 aliphatic heterocycles. The fraction of sp³-hybridized carbons (Fsp3) is 0.235. The van der Waals surface area contributed by atoms with E-state index < -0.39 is 0 Å². The highest BCUT2D eigenvalue weighted by Gasteiger charge is 2.09. The zero-order chi connectivity index (χ0) is 14.7. The predicted octanol–water partition coefficient (Wildman–Crippen LogP) is 4.18. The van der Waals surface area contributed by atoms with Crippen molar-refractivity contribution in [3.05, 3.63) is 59.2 Å². The SMILES string of the molecule is CCCNCc1ccc(Cl)cc1-n1ncc2ccccc21. The van der Waals surface area contributed by atoms with E-state index in [-0.39, 0.29) is 0 Å². The van der Waals surface area contributed by atoms with Crippen molar-refractivity contribution in [2.45, 2.75) is 19.9 Å². The summed E-state index contributed by atoms with van der Waals surface area (Å²) in [7, 11) is 0. The third-order valence-electron chi connectivity index (χ3n) is 3.49. The lowest BCUT2D eigenvalue weighted by Gasteiger charge is -2.12. The number of hydrogen-bond acceptors (Lipinski definition) is 2. The lowest BCUT2D eigenvalue weighted by molar-refractivity contribution is 0.671. The monoisotopic (exact) mass is 299 g/mol. The molecule has 0 aliphatic rings. The molecule has 0 saturated heterocycles. The van der Waals surface area contributed by atoms with Crippen molar-refractivity contribution in [1.29, 1.82) is 0 Å². The van der Waals surface area contributed by atoms with Crippen molar-refractivity contribution in [3.63, 3.8) is 0 Å². The Morgan fingerprint density at radius 2 is 2.05 bits per heavy atom. The Bertz CT molecular complexity index is 749. The zero-order valence-corrected chi connectivity index (χ0v) is 12.8. The van der Waals surface area contributed by atoms with Gasteiger partial charge in [-0.25, -0.2) is 4.68 Å². The van der Waals surface area contributed by atoms with E-state index in [0.717, 1.165) is 41.1 Å². The van der Waals surface area contributed by atoms with Gasteiger partial charge in [0.2, 0.25) is 0 Å². The van der Waals surface area contributed by atoms with E-state index >= 15 is 0 Å². The first kappa shape index (κ1) is 14.1. The Balaban J connectivity index is 2.05. The smallest absolute Gasteiger partial charge is 0.0741 e. The van der Waals surface area contributed by atoms with E-state index in [0.29, 0.717) is 0 Å². The van der Waals surface area contributed by atoms with Crippen molar-refractivity contribution in [2.24, 2.45) is 0 Å². The number of halogens is 1. The van der Waals surface area contributed by atoms with Gasteiger partial charge >= 0.3 is 0 Å². The van der Waals surface area contributed by atoms with Crippen molar-refractivity contribution in [3.8, 4) is 5.69 Å². The third kappa shape index (κ3) is 2.94. The molecule has 108 valence electrons. The van der Waals surface area contributed by atoms with Crippen LogP contribution in [0.3, 0.4) is 0 Å². The summed E-state index contributed by atoms with van der Waals surface area (Å²) in [5, 5.41) is 9.82. The summed E-state index contributed by atoms with van der Waals surface area (Å²) in [6, 6.07) is 14.2. The molecule has 3 aromatic rings. The van der Waals surface area contributed by atoms with Gasteiger partial charge in [0.15, 0.2) is 0 Å². The number of nitrogens with one attached hydrogen (secondary N) is 1. The molecule has 2 aromatic carbocycles. The van der Waals surface area contributed by atoms with Crippen LogP contribution in [0.25, 0.3) is 16.6 Å². The molecule has 0 unspecified atom stereocenters. The van der Waals surface area contributed by atoms with E-state index in [1.807, 2.05) is 35.1 Å². The quantitative estimate of drug-likeness (QED) is 0.716. The number of para-hydroxylation sites is 1. The van der Waals surface area contributed by atoms with Crippen LogP contribution in [0.1, 0.15) is 18.9 Å². The summed E-state index contributed by atoms with van der Waals surface area (Å²) in [4.78, 5) is 0. The topological polar surface area (TPSA) is 29.9 Å². The lowest BCUT2D eigenvalue weighted by Crippen LogP contribution is -2.15. The summed E-state index contributed by atoms with van der Waals surface area (Å²) >= 11 is 6.18. The fourth-order valence-electron chi connectivity index (χ4n) is 2.45. The van der Waals surface area contributed by atoms with Gasteiger partial charge in [0.1, 0.15) is 0 Å². The Hall–Kier alpha value is -1.84. The molecule has 0 radical (unpaired) electrons. The molecule has 0 bridgehead atoms. The second-order valence-corrected chi connectivity index (χ2v) is 5.50. The van der Waals surface area contributed by atoms with Crippen LogP contribution >= 0.6 is 11.6 Å². The molecule has 21 heavy (non-hydrogen) atoms. The molecule has 3 nitrogen and oxygen atoms in total. The van der Waals surface area contributed by atoms with Crippen LogP contribution < -0.4 is 5.32 Å². The summed E-state index contributed by atoms with van der Waals surface area (Å²) in [6.45, 7) is 3.98. The standard InChI is InChI=1S/C17H18ClN3/c1-2-9-19-11-14-7-8-15(18)10-17(14)21-16-6-4-3-5-13(16)12-20-21/h3-8,10,12,19H,2,9,11H2,1H3. The number of fused-ring (bicyclic) bond motifs is 1. The van der Waals surface area contributed by atoms with Crippen LogP contribution in [-0.2, 0) is 6.54 Å². The van der Waals surface area contributed by atoms with Gasteiger partial charge in [-0.15, -0.1) is 0 Å². The maximum atomic E-state index is 6.18. The highest BCUT2D eigenvalue weighted by atomic mass is 35.5. The molecule has 1 aromatic heterocycles. The van der Waals surface area contributed by atoms with Crippen LogP contribution in [0.4, 0.5) is 0 Å². The largest absolute Gasteiger partial charge is 0.313 e. The minimum absolute atomic E-state index is 0.726. The first-order chi connectivity index (χ1) is 10.3. The number of rotatable bonds is 5. The molecule has 0 aliphatic carbocycles. The van der Waals surface area contributed by atoms with Crippen molar-refractivity contribution >= 4 is 22.5 Å². The van der Waals surface area contributed by atoms with Gasteiger partial charge in [-0.05, 0) is 36.7 Å². The molecule has 0 amide bonds. The van der Waals surface area contributed by atoms with Crippen LogP contribution in [0.2, 0.25) is 5.02 Å². The van der Waals surface area contributed by atoms with Crippen molar-refractivity contribution in [1.82, 2.24) is 15.1 Å². The minimum Gasteiger partial charge on any atom is -0.313 e. The second kappa shape index (κ2) is 6.29. The van der Waals surface area contributed by atoms with E-state index in [9.17, 15) is 0 Å². The van der Waals surface area contributed by atoms with Gasteiger partial charge in [0, 0.05) is 17.0 Å². The molecule has 1 N–H and O–H groups in total. The van der Waals surface area contributed by atoms with Gasteiger partial charge in [-0.3, -0.25) is 0 Å². The first-order valence-electron chi connectivity index (χ1n) is 7.22. The molecule has 0 spiro atoms. The molecule has 0 saturated carbocycles. The summed E-state index contributed by atoms with van der Waals surface area (Å²) < 4.78 is 1.96. The maximum Gasteiger partial charge on any atom is 0.0741 e. The van der Waals surface area contributed by atoms with Crippen LogP contribution in [-0.4, -0.2) is 16.3 Å². The molecule has 0 fully saturated rings. The molecule has 3 rings (SSSR count). The molecule has 0 atom stereocenters. The number of hydrogen-bond donors (Lipinski definition) is 1. The fourth-order valence-corrected chi connectivity index (χ4v) is 2.61. The predicted molar refractivity (Wildman–Crippen MR) is 88.1 cm³/mol. The van der Waals surface area contributed by atoms with Gasteiger partial charge in [-0.2, -0.15) is 5.10 Å². The molecule has 4 heteroatoms. The summed E-state index contributed by atoms with van der Waals surface area (Å²) in [6.07, 6.45) is 3.01. The molecule has 1 heterocycles. The van der Waals surface area contributed by atoms with Gasteiger partial charge in [0.25, 0.3) is 0 Å². The van der Waals surface area contributed by atoms with E-state index in [1.54, 1.807) is 0 Å². The highest BCUT2D eigenvalue weighted by molar-refractivity contribution is 6.30. The van der Waals surface area contributed by atoms with Gasteiger partial charge in [0.05, 0.1) is 17.4 Å². The number of benzene rings is 2. The third-order valence-corrected chi connectivity index (χ3v) is 3.73. The first-order valence-corrected chi connectivity index (χ1v) is 7.59. The van der Waals surface area contributed by atoms with Crippen LogP contribution in [0.15, 0.2) is 48.7 Å². The zero-order valence-electron chi connectivity index (χ0n) is 12.0. The minimum atomic E-state index is 0.726. The molecular weight excluding hydrogens is 282 g/mol. The Kier molecular flexibility index (Phi) is 4.23. The van der Waals surface area contributed by atoms with Crippen LogP contribution in [0, 0.1) is 0 Å². The summed E-state index contributed by atoms with van der Waals surface area (Å²) in [5.41, 5.74) is 3.32. The highest BCUT2D eigenvalue weighted by Crippen LogP contribution is 2.24. The van der Waals surface area contributed by atoms with Gasteiger partial charge in [-0.1, -0.05) is 42.8 Å². The lowest BCUT2D eigenvalue weighted by atomic mass is 10.1. The normalized spacial score (nSPS) is 11.1. The number of aromatic nitrogens is 2. The average molecular weight is 300 g/mol. The van der Waals surface area contributed by atoms with Crippen molar-refractivity contribution in [2.75, 3.05) is 6.54 Å². The Morgan fingerprint density at radius 3 is 2.90 bits per heavy atom. The Morgan fingerprint density at radius 1 is 1.19 bits per heavy atom. The number of nitrogens with zero attached hydrogens (tertiary/aromatic N) is 2. The van der Waals surface area contributed by atoms with Crippen molar-refractivity contribution < 1.29 is 0 Å². The van der Waals surface area contributed by atoms with E-state index in [2.05, 4.69) is 35.5 Å².